The minimum atomic E-state index is -0.506. The van der Waals surface area contributed by atoms with E-state index in [0.717, 1.165) is 14.5 Å². The Morgan fingerprint density at radius 1 is 1.26 bits per heavy atom. The molecule has 19 heavy (non-hydrogen) atoms. The predicted molar refractivity (Wildman–Crippen MR) is 77.9 cm³/mol. The maximum absolute atomic E-state index is 11.7. The van der Waals surface area contributed by atoms with Crippen molar-refractivity contribution in [3.8, 4) is 0 Å². The number of cyclic esters (lactones) is 1. The number of carbonyl (C=O) groups is 1. The molecule has 2 heterocycles. The van der Waals surface area contributed by atoms with Gasteiger partial charge in [-0.25, -0.2) is 9.78 Å². The summed E-state index contributed by atoms with van der Waals surface area (Å²) >= 11 is 6.75. The highest BCUT2D eigenvalue weighted by Crippen LogP contribution is 2.33. The minimum absolute atomic E-state index is 0.318. The molecule has 1 atom stereocenters. The van der Waals surface area contributed by atoms with E-state index in [1.54, 1.807) is 12.3 Å². The number of ether oxygens (including phenoxy) is 1. The number of rotatable bonds is 2. The Hall–Kier alpha value is -1.40. The molecular formula is C13H8Br2N2O2. The third kappa shape index (κ3) is 2.37. The number of hydrogen-bond donors (Lipinski definition) is 1. The Labute approximate surface area is 126 Å². The fourth-order valence-corrected chi connectivity index (χ4v) is 3.00. The second-order valence-electron chi connectivity index (χ2n) is 4.00. The average molecular weight is 384 g/mol. The number of pyridine rings is 1. The largest absolute Gasteiger partial charge is 0.434 e. The van der Waals surface area contributed by atoms with Crippen molar-refractivity contribution in [1.29, 1.82) is 0 Å². The summed E-state index contributed by atoms with van der Waals surface area (Å²) in [6, 6.07) is 9.18. The Balaban J connectivity index is 1.91. The van der Waals surface area contributed by atoms with Crippen molar-refractivity contribution >= 4 is 43.6 Å². The van der Waals surface area contributed by atoms with Gasteiger partial charge in [0.15, 0.2) is 0 Å². The van der Waals surface area contributed by atoms with Crippen LogP contribution < -0.4 is 5.32 Å². The van der Waals surface area contributed by atoms with E-state index >= 15 is 0 Å². The summed E-state index contributed by atoms with van der Waals surface area (Å²) < 4.78 is 6.96. The van der Waals surface area contributed by atoms with Crippen molar-refractivity contribution in [2.45, 2.75) is 6.23 Å². The lowest BCUT2D eigenvalue weighted by molar-refractivity contribution is 0.0436. The summed E-state index contributed by atoms with van der Waals surface area (Å²) in [5.41, 5.74) is 1.41. The van der Waals surface area contributed by atoms with Gasteiger partial charge in [-0.2, -0.15) is 0 Å². The predicted octanol–water partition coefficient (Wildman–Crippen LogP) is 3.89. The van der Waals surface area contributed by atoms with Gasteiger partial charge in [-0.15, -0.1) is 0 Å². The monoisotopic (exact) mass is 382 g/mol. The van der Waals surface area contributed by atoms with E-state index in [-0.39, 0.29) is 5.97 Å². The first kappa shape index (κ1) is 12.6. The number of anilines is 1. The smallest absolute Gasteiger partial charge is 0.340 e. The summed E-state index contributed by atoms with van der Waals surface area (Å²) in [7, 11) is 0. The van der Waals surface area contributed by atoms with E-state index in [2.05, 4.69) is 42.2 Å². The van der Waals surface area contributed by atoms with Crippen molar-refractivity contribution in [3.63, 3.8) is 0 Å². The molecule has 2 aromatic rings. The zero-order chi connectivity index (χ0) is 13.4. The molecule has 1 unspecified atom stereocenters. The van der Waals surface area contributed by atoms with Crippen LogP contribution in [0.25, 0.3) is 0 Å². The van der Waals surface area contributed by atoms with Crippen LogP contribution in [0.3, 0.4) is 0 Å². The molecule has 96 valence electrons. The van der Waals surface area contributed by atoms with Crippen LogP contribution in [0.2, 0.25) is 0 Å². The number of aromatic nitrogens is 1. The molecule has 0 amide bonds. The molecule has 0 radical (unpaired) electrons. The number of esters is 1. The highest BCUT2D eigenvalue weighted by Gasteiger charge is 2.30. The lowest BCUT2D eigenvalue weighted by Crippen LogP contribution is -2.11. The quantitative estimate of drug-likeness (QED) is 0.799. The van der Waals surface area contributed by atoms with Crippen LogP contribution in [0.4, 0.5) is 5.82 Å². The Morgan fingerprint density at radius 3 is 2.84 bits per heavy atom. The summed E-state index contributed by atoms with van der Waals surface area (Å²) in [6.07, 6.45) is 1.17. The van der Waals surface area contributed by atoms with Gasteiger partial charge in [0.25, 0.3) is 0 Å². The molecule has 4 nitrogen and oxygen atoms in total. The van der Waals surface area contributed by atoms with Gasteiger partial charge in [0.1, 0.15) is 5.82 Å². The number of carbonyl (C=O) groups excluding carboxylic acids is 1. The highest BCUT2D eigenvalue weighted by molar-refractivity contribution is 9.11. The van der Waals surface area contributed by atoms with E-state index in [1.165, 1.54) is 0 Å². The van der Waals surface area contributed by atoms with E-state index in [0.29, 0.717) is 11.4 Å². The Morgan fingerprint density at radius 2 is 2.05 bits per heavy atom. The molecule has 1 aromatic carbocycles. The molecule has 6 heteroatoms. The van der Waals surface area contributed by atoms with E-state index in [1.807, 2.05) is 24.3 Å². The molecular weight excluding hydrogens is 376 g/mol. The minimum Gasteiger partial charge on any atom is -0.434 e. The van der Waals surface area contributed by atoms with Gasteiger partial charge in [0.2, 0.25) is 6.23 Å². The molecule has 0 bridgehead atoms. The highest BCUT2D eigenvalue weighted by atomic mass is 79.9. The normalized spacial score (nSPS) is 16.9. The van der Waals surface area contributed by atoms with Gasteiger partial charge < -0.3 is 10.1 Å². The van der Waals surface area contributed by atoms with Crippen LogP contribution in [0.1, 0.15) is 22.1 Å². The number of nitrogens with zero attached hydrogens (tertiary/aromatic N) is 1. The Bertz CT molecular complexity index is 661. The molecule has 0 saturated carbocycles. The molecule has 0 saturated heterocycles. The molecule has 3 rings (SSSR count). The van der Waals surface area contributed by atoms with Gasteiger partial charge >= 0.3 is 5.97 Å². The average Bonchev–Trinajstić information content (AvgIpc) is 2.71. The van der Waals surface area contributed by atoms with Crippen LogP contribution in [0.15, 0.2) is 45.5 Å². The summed E-state index contributed by atoms with van der Waals surface area (Å²) in [5, 5.41) is 3.10. The number of halogens is 2. The molecule has 0 fully saturated rings. The zero-order valence-electron chi connectivity index (χ0n) is 9.56. The lowest BCUT2D eigenvalue weighted by atomic mass is 10.1. The molecule has 1 aliphatic heterocycles. The maximum atomic E-state index is 11.7. The second kappa shape index (κ2) is 4.94. The third-order valence-electron chi connectivity index (χ3n) is 2.76. The molecule has 0 spiro atoms. The lowest BCUT2D eigenvalue weighted by Gasteiger charge is -2.14. The van der Waals surface area contributed by atoms with Crippen LogP contribution in [-0.4, -0.2) is 11.0 Å². The first-order valence-corrected chi connectivity index (χ1v) is 7.11. The maximum Gasteiger partial charge on any atom is 0.340 e. The third-order valence-corrected chi connectivity index (χ3v) is 3.80. The molecule has 1 aromatic heterocycles. The van der Waals surface area contributed by atoms with Crippen LogP contribution in [0.5, 0.6) is 0 Å². The fraction of sp³-hybridized carbons (Fsp3) is 0.0769. The summed E-state index contributed by atoms with van der Waals surface area (Å²) in [4.78, 5) is 15.9. The van der Waals surface area contributed by atoms with Gasteiger partial charge in [-0.3, -0.25) is 0 Å². The van der Waals surface area contributed by atoms with Gasteiger partial charge in [-0.05, 0) is 44.0 Å². The van der Waals surface area contributed by atoms with Gasteiger partial charge in [-0.1, -0.05) is 18.2 Å². The number of benzene rings is 1. The van der Waals surface area contributed by atoms with Crippen molar-refractivity contribution in [2.24, 2.45) is 0 Å². The van der Waals surface area contributed by atoms with E-state index < -0.39 is 6.23 Å². The Kier molecular flexibility index (Phi) is 3.28. The SMILES string of the molecule is O=C1OC(Nc2ncc(Br)cc2Br)c2ccccc21. The van der Waals surface area contributed by atoms with Gasteiger partial charge in [0.05, 0.1) is 10.0 Å². The van der Waals surface area contributed by atoms with Crippen molar-refractivity contribution in [3.05, 3.63) is 56.6 Å². The topological polar surface area (TPSA) is 51.2 Å². The van der Waals surface area contributed by atoms with Crippen molar-refractivity contribution in [1.82, 2.24) is 4.98 Å². The van der Waals surface area contributed by atoms with Crippen LogP contribution >= 0.6 is 31.9 Å². The molecule has 0 aliphatic carbocycles. The fourth-order valence-electron chi connectivity index (χ4n) is 1.90. The summed E-state index contributed by atoms with van der Waals surface area (Å²) in [6.45, 7) is 0. The number of nitrogens with one attached hydrogen (secondary N) is 1. The molecule has 1 aliphatic rings. The summed E-state index contributed by atoms with van der Waals surface area (Å²) in [5.74, 6) is 0.305. The van der Waals surface area contributed by atoms with Gasteiger partial charge in [0, 0.05) is 16.2 Å². The zero-order valence-corrected chi connectivity index (χ0v) is 12.7. The first-order valence-electron chi connectivity index (χ1n) is 5.52. The number of fused-ring (bicyclic) bond motifs is 1. The van der Waals surface area contributed by atoms with Crippen LogP contribution in [-0.2, 0) is 4.74 Å². The van der Waals surface area contributed by atoms with Crippen molar-refractivity contribution in [2.75, 3.05) is 5.32 Å². The molecule has 1 N–H and O–H groups in total. The number of hydrogen-bond acceptors (Lipinski definition) is 4. The standard InChI is InChI=1S/C13H8Br2N2O2/c14-7-5-10(15)11(16-6-7)17-12-8-3-1-2-4-9(8)13(18)19-12/h1-6,12H,(H,16,17). The second-order valence-corrected chi connectivity index (χ2v) is 5.77. The van der Waals surface area contributed by atoms with E-state index in [4.69, 9.17) is 4.74 Å². The van der Waals surface area contributed by atoms with Crippen molar-refractivity contribution < 1.29 is 9.53 Å². The first-order chi connectivity index (χ1) is 9.15. The van der Waals surface area contributed by atoms with E-state index in [9.17, 15) is 4.79 Å². The van der Waals surface area contributed by atoms with Crippen LogP contribution in [0, 0.1) is 0 Å².